The van der Waals surface area contributed by atoms with E-state index in [4.69, 9.17) is 4.74 Å². The molecule has 1 amide bonds. The fourth-order valence-corrected chi connectivity index (χ4v) is 3.16. The van der Waals surface area contributed by atoms with Crippen LogP contribution in [0.1, 0.15) is 17.3 Å². The van der Waals surface area contributed by atoms with Gasteiger partial charge in [-0.05, 0) is 28.9 Å². The van der Waals surface area contributed by atoms with Crippen LogP contribution >= 0.6 is 15.9 Å². The largest absolute Gasteiger partial charge is 0.482 e. The number of rotatable bonds is 6. The number of nitrogens with one attached hydrogen (secondary N) is 2. The van der Waals surface area contributed by atoms with Crippen molar-refractivity contribution in [3.63, 3.8) is 0 Å². The minimum absolute atomic E-state index is 0.0283. The summed E-state index contributed by atoms with van der Waals surface area (Å²) in [6, 6.07) is 1.90. The molecule has 0 bridgehead atoms. The van der Waals surface area contributed by atoms with Gasteiger partial charge in [0.15, 0.2) is 5.88 Å². The number of carbonyl (C=O) groups excluding carboxylic acids is 1. The summed E-state index contributed by atoms with van der Waals surface area (Å²) < 4.78 is 20.4. The van der Waals surface area contributed by atoms with Gasteiger partial charge in [0.05, 0.1) is 30.4 Å². The van der Waals surface area contributed by atoms with Gasteiger partial charge in [-0.25, -0.2) is 4.39 Å². The topological polar surface area (TPSA) is 80.5 Å². The summed E-state index contributed by atoms with van der Waals surface area (Å²) in [4.78, 5) is 21.2. The molecule has 0 atom stereocenters. The standard InChI is InChI=1S/C17H19BrFN5O2/c1-10-13(22-9-23-17(10)26-2)8-24-7-12(16(25)20-4-3-19)15-14(24)5-11(18)6-21-15/h5-7,23H,3-4,8-9H2,1-2H3,(H,20,25). The Kier molecular flexibility index (Phi) is 5.55. The number of pyridine rings is 1. The Hall–Kier alpha value is -2.42. The molecule has 0 saturated carbocycles. The first-order valence-electron chi connectivity index (χ1n) is 8.06. The zero-order valence-corrected chi connectivity index (χ0v) is 16.1. The van der Waals surface area contributed by atoms with E-state index < -0.39 is 6.67 Å². The van der Waals surface area contributed by atoms with E-state index in [1.165, 1.54) is 0 Å². The minimum Gasteiger partial charge on any atom is -0.482 e. The summed E-state index contributed by atoms with van der Waals surface area (Å²) in [5.74, 6) is 0.338. The first-order valence-corrected chi connectivity index (χ1v) is 8.85. The lowest BCUT2D eigenvalue weighted by Crippen LogP contribution is -2.27. The number of ether oxygens (including phenoxy) is 1. The molecule has 0 spiro atoms. The minimum atomic E-state index is -0.614. The lowest BCUT2D eigenvalue weighted by Gasteiger charge is -2.19. The smallest absolute Gasteiger partial charge is 0.255 e. The van der Waals surface area contributed by atoms with E-state index in [0.717, 1.165) is 21.3 Å². The number of aliphatic imine (C=N–C) groups is 1. The molecule has 0 aliphatic carbocycles. The fraction of sp³-hybridized carbons (Fsp3) is 0.353. The van der Waals surface area contributed by atoms with Crippen molar-refractivity contribution in [2.45, 2.75) is 13.5 Å². The number of carbonyl (C=O) groups is 1. The summed E-state index contributed by atoms with van der Waals surface area (Å²) in [6.45, 7) is 2.18. The van der Waals surface area contributed by atoms with E-state index in [1.54, 1.807) is 19.5 Å². The Bertz CT molecular complexity index is 906. The van der Waals surface area contributed by atoms with Gasteiger partial charge in [-0.1, -0.05) is 0 Å². The fourth-order valence-electron chi connectivity index (χ4n) is 2.84. The molecule has 0 unspecified atom stereocenters. The molecule has 3 rings (SSSR count). The van der Waals surface area contributed by atoms with Crippen molar-refractivity contribution in [1.82, 2.24) is 20.2 Å². The number of alkyl halides is 1. The monoisotopic (exact) mass is 423 g/mol. The molecule has 1 aliphatic heterocycles. The first kappa shape index (κ1) is 18.4. The number of nitrogens with zero attached hydrogens (tertiary/aromatic N) is 3. The van der Waals surface area contributed by atoms with Crippen LogP contribution < -0.4 is 10.6 Å². The van der Waals surface area contributed by atoms with E-state index in [9.17, 15) is 9.18 Å². The van der Waals surface area contributed by atoms with E-state index >= 15 is 0 Å². The predicted octanol–water partition coefficient (Wildman–Crippen LogP) is 2.38. The highest BCUT2D eigenvalue weighted by atomic mass is 79.9. The van der Waals surface area contributed by atoms with Crippen LogP contribution in [-0.4, -0.2) is 48.2 Å². The number of amides is 1. The molecule has 3 heterocycles. The van der Waals surface area contributed by atoms with Crippen LogP contribution in [-0.2, 0) is 11.3 Å². The van der Waals surface area contributed by atoms with Gasteiger partial charge in [-0.3, -0.25) is 14.8 Å². The van der Waals surface area contributed by atoms with E-state index in [-0.39, 0.29) is 12.5 Å². The molecule has 7 nitrogen and oxygen atoms in total. The third-order valence-corrected chi connectivity index (χ3v) is 4.55. The number of methoxy groups -OCH3 is 1. The van der Waals surface area contributed by atoms with Gasteiger partial charge in [-0.15, -0.1) is 0 Å². The second-order valence-corrected chi connectivity index (χ2v) is 6.65. The molecule has 1 aliphatic rings. The van der Waals surface area contributed by atoms with E-state index in [1.807, 2.05) is 17.6 Å². The third-order valence-electron chi connectivity index (χ3n) is 4.12. The average Bonchev–Trinajstić information content (AvgIpc) is 2.99. The molecular formula is C17H19BrFN5O2. The lowest BCUT2D eigenvalue weighted by molar-refractivity contribution is 0.0952. The second kappa shape index (κ2) is 7.86. The Morgan fingerprint density at radius 3 is 3.08 bits per heavy atom. The molecule has 9 heteroatoms. The zero-order chi connectivity index (χ0) is 18.7. The number of halogens is 2. The quantitative estimate of drug-likeness (QED) is 0.747. The van der Waals surface area contributed by atoms with Gasteiger partial charge in [0, 0.05) is 29.0 Å². The number of hydrogen-bond acceptors (Lipinski definition) is 5. The molecule has 2 aromatic rings. The Labute approximate surface area is 158 Å². The first-order chi connectivity index (χ1) is 12.5. The normalized spacial score (nSPS) is 14.2. The molecule has 2 N–H and O–H groups in total. The van der Waals surface area contributed by atoms with Crippen LogP contribution in [0.4, 0.5) is 4.39 Å². The van der Waals surface area contributed by atoms with Crippen molar-refractivity contribution in [2.75, 3.05) is 27.0 Å². The highest BCUT2D eigenvalue weighted by Gasteiger charge is 2.20. The molecule has 0 radical (unpaired) electrons. The Balaban J connectivity index is 2.01. The number of hydrogen-bond donors (Lipinski definition) is 2. The molecule has 0 fully saturated rings. The SMILES string of the molecule is COC1=C(C)C(Cn2cc(C(=O)NCCF)c3ncc(Br)cc32)=NCN1. The summed E-state index contributed by atoms with van der Waals surface area (Å²) in [5.41, 5.74) is 3.52. The van der Waals surface area contributed by atoms with Crippen LogP contribution in [0.3, 0.4) is 0 Å². The molecule has 26 heavy (non-hydrogen) atoms. The number of fused-ring (bicyclic) bond motifs is 1. The maximum atomic E-state index is 12.4. The van der Waals surface area contributed by atoms with Crippen LogP contribution in [0, 0.1) is 0 Å². The van der Waals surface area contributed by atoms with Crippen LogP contribution in [0.2, 0.25) is 0 Å². The van der Waals surface area contributed by atoms with Gasteiger partial charge in [0.25, 0.3) is 5.91 Å². The van der Waals surface area contributed by atoms with E-state index in [2.05, 4.69) is 36.5 Å². The molecule has 2 aromatic heterocycles. The zero-order valence-electron chi connectivity index (χ0n) is 14.5. The number of allylic oxidation sites excluding steroid dienone is 1. The van der Waals surface area contributed by atoms with Gasteiger partial charge in [0.1, 0.15) is 18.9 Å². The third kappa shape index (κ3) is 3.57. The molecule has 0 aromatic carbocycles. The van der Waals surface area contributed by atoms with Gasteiger partial charge < -0.3 is 19.9 Å². The second-order valence-electron chi connectivity index (χ2n) is 5.73. The van der Waals surface area contributed by atoms with Crippen molar-refractivity contribution in [3.05, 3.63) is 40.0 Å². The Morgan fingerprint density at radius 1 is 1.54 bits per heavy atom. The molecule has 0 saturated heterocycles. The number of aromatic nitrogens is 2. The van der Waals surface area contributed by atoms with Gasteiger partial charge in [0.2, 0.25) is 0 Å². The van der Waals surface area contributed by atoms with Gasteiger partial charge in [-0.2, -0.15) is 0 Å². The molecule has 138 valence electrons. The van der Waals surface area contributed by atoms with Crippen LogP contribution in [0.15, 0.2) is 39.4 Å². The highest BCUT2D eigenvalue weighted by molar-refractivity contribution is 9.10. The van der Waals surface area contributed by atoms with Crippen molar-refractivity contribution < 1.29 is 13.9 Å². The van der Waals surface area contributed by atoms with Crippen molar-refractivity contribution in [2.24, 2.45) is 4.99 Å². The lowest BCUT2D eigenvalue weighted by atomic mass is 10.1. The summed E-state index contributed by atoms with van der Waals surface area (Å²) in [5, 5.41) is 5.62. The maximum Gasteiger partial charge on any atom is 0.255 e. The summed E-state index contributed by atoms with van der Waals surface area (Å²) in [7, 11) is 1.61. The highest BCUT2D eigenvalue weighted by Crippen LogP contribution is 2.24. The molecular weight excluding hydrogens is 405 g/mol. The van der Waals surface area contributed by atoms with E-state index in [0.29, 0.717) is 30.2 Å². The van der Waals surface area contributed by atoms with Crippen LogP contribution in [0.25, 0.3) is 11.0 Å². The predicted molar refractivity (Wildman–Crippen MR) is 101 cm³/mol. The maximum absolute atomic E-state index is 12.4. The average molecular weight is 424 g/mol. The summed E-state index contributed by atoms with van der Waals surface area (Å²) >= 11 is 3.42. The summed E-state index contributed by atoms with van der Waals surface area (Å²) in [6.07, 6.45) is 3.36. The Morgan fingerprint density at radius 2 is 2.35 bits per heavy atom. The van der Waals surface area contributed by atoms with Crippen molar-refractivity contribution in [1.29, 1.82) is 0 Å². The van der Waals surface area contributed by atoms with Crippen molar-refractivity contribution >= 4 is 38.6 Å². The van der Waals surface area contributed by atoms with Gasteiger partial charge >= 0.3 is 0 Å². The van der Waals surface area contributed by atoms with Crippen molar-refractivity contribution in [3.8, 4) is 0 Å². The van der Waals surface area contributed by atoms with Crippen LogP contribution in [0.5, 0.6) is 0 Å².